The third-order valence-corrected chi connectivity index (χ3v) is 3.60. The Kier molecular flexibility index (Phi) is 6.57. The summed E-state index contributed by atoms with van der Waals surface area (Å²) in [7, 11) is 0. The Morgan fingerprint density at radius 3 is 2.38 bits per heavy atom. The first-order valence-electron chi connectivity index (χ1n) is 7.42. The van der Waals surface area contributed by atoms with E-state index in [1.54, 1.807) is 42.5 Å². The molecule has 0 atom stereocenters. The molecule has 0 bridgehead atoms. The molecule has 0 unspecified atom stereocenters. The number of ether oxygens (including phenoxy) is 1. The van der Waals surface area contributed by atoms with Crippen molar-refractivity contribution in [2.45, 2.75) is 19.3 Å². The summed E-state index contributed by atoms with van der Waals surface area (Å²) < 4.78 is 40.6. The van der Waals surface area contributed by atoms with Crippen LogP contribution in [-0.2, 0) is 27.4 Å². The summed E-state index contributed by atoms with van der Waals surface area (Å²) >= 11 is 6.06. The van der Waals surface area contributed by atoms with Gasteiger partial charge in [0, 0.05) is 17.8 Å². The molecule has 5 nitrogen and oxygen atoms in total. The molecular formula is C17H14ClF3N2O3. The minimum absolute atomic E-state index is 0.0871. The summed E-state index contributed by atoms with van der Waals surface area (Å²) in [5, 5.41) is 0.356. The van der Waals surface area contributed by atoms with Gasteiger partial charge in [-0.3, -0.25) is 9.78 Å². The van der Waals surface area contributed by atoms with Gasteiger partial charge in [0.25, 0.3) is 0 Å². The van der Waals surface area contributed by atoms with Gasteiger partial charge >= 0.3 is 18.1 Å². The van der Waals surface area contributed by atoms with Crippen molar-refractivity contribution in [2.24, 2.45) is 0 Å². The summed E-state index contributed by atoms with van der Waals surface area (Å²) in [6.07, 6.45) is -3.22. The molecule has 2 rings (SSSR count). The molecule has 0 saturated carbocycles. The van der Waals surface area contributed by atoms with E-state index in [2.05, 4.69) is 9.72 Å². The Balaban J connectivity index is 2.17. The van der Waals surface area contributed by atoms with Crippen molar-refractivity contribution in [3.63, 3.8) is 0 Å². The molecule has 26 heavy (non-hydrogen) atoms. The molecule has 0 radical (unpaired) electrons. The van der Waals surface area contributed by atoms with Crippen LogP contribution in [0.4, 0.5) is 13.2 Å². The lowest BCUT2D eigenvalue weighted by Crippen LogP contribution is -2.38. The molecular weight excluding hydrogens is 373 g/mol. The van der Waals surface area contributed by atoms with Crippen LogP contribution in [0.15, 0.2) is 48.7 Å². The molecule has 2 aromatic rings. The lowest BCUT2D eigenvalue weighted by atomic mass is 10.2. The highest BCUT2D eigenvalue weighted by molar-refractivity contribution is 6.32. The van der Waals surface area contributed by atoms with Crippen LogP contribution in [0, 0.1) is 0 Å². The highest BCUT2D eigenvalue weighted by Crippen LogP contribution is 2.19. The van der Waals surface area contributed by atoms with Gasteiger partial charge in [0.05, 0.1) is 12.2 Å². The third kappa shape index (κ3) is 6.03. The number of alkyl halides is 3. The molecule has 1 aromatic heterocycles. The van der Waals surface area contributed by atoms with Gasteiger partial charge in [-0.15, -0.1) is 0 Å². The highest BCUT2D eigenvalue weighted by atomic mass is 35.5. The number of rotatable bonds is 5. The second-order valence-corrected chi connectivity index (χ2v) is 5.67. The molecule has 0 N–H and O–H groups in total. The van der Waals surface area contributed by atoms with Gasteiger partial charge in [-0.1, -0.05) is 35.9 Å². The number of pyridine rings is 1. The predicted octanol–water partition coefficient (Wildman–Crippen LogP) is 3.37. The number of hydrogen-bond donors (Lipinski definition) is 0. The molecule has 0 aliphatic carbocycles. The first-order chi connectivity index (χ1) is 12.3. The van der Waals surface area contributed by atoms with E-state index >= 15 is 0 Å². The van der Waals surface area contributed by atoms with Crippen LogP contribution in [0.1, 0.15) is 11.3 Å². The molecule has 0 aliphatic rings. The van der Waals surface area contributed by atoms with Gasteiger partial charge in [0.2, 0.25) is 0 Å². The number of hydrogen-bond acceptors (Lipinski definition) is 4. The van der Waals surface area contributed by atoms with Crippen molar-refractivity contribution in [3.05, 3.63) is 64.9 Å². The first-order valence-corrected chi connectivity index (χ1v) is 7.80. The summed E-state index contributed by atoms with van der Waals surface area (Å²) in [4.78, 5) is 29.1. The molecule has 9 heteroatoms. The van der Waals surface area contributed by atoms with E-state index in [1.165, 1.54) is 6.20 Å². The minimum atomic E-state index is -4.72. The van der Waals surface area contributed by atoms with E-state index in [0.29, 0.717) is 16.3 Å². The van der Waals surface area contributed by atoms with Crippen LogP contribution < -0.4 is 0 Å². The molecule has 1 amide bonds. The Labute approximate surface area is 152 Å². The summed E-state index contributed by atoms with van der Waals surface area (Å²) in [5.41, 5.74) is 0.985. The van der Waals surface area contributed by atoms with Crippen molar-refractivity contribution < 1.29 is 27.5 Å². The van der Waals surface area contributed by atoms with Gasteiger partial charge in [0.1, 0.15) is 0 Å². The highest BCUT2D eigenvalue weighted by Gasteiger charge is 2.32. The molecule has 1 aromatic carbocycles. The molecule has 0 fully saturated rings. The standard InChI is InChI=1S/C17H14ClF3N2O3/c18-14-7-2-1-5-12(14)9-23(10-13-6-3-4-8-22-13)15(24)16(25)26-11-17(19,20)21/h1-8H,9-11H2. The van der Waals surface area contributed by atoms with Crippen LogP contribution in [0.2, 0.25) is 5.02 Å². The van der Waals surface area contributed by atoms with Crippen molar-refractivity contribution in [3.8, 4) is 0 Å². The van der Waals surface area contributed by atoms with Crippen LogP contribution in [0.5, 0.6) is 0 Å². The van der Waals surface area contributed by atoms with Gasteiger partial charge in [-0.2, -0.15) is 13.2 Å². The zero-order chi connectivity index (χ0) is 19.2. The second kappa shape index (κ2) is 8.66. The number of amides is 1. The average molecular weight is 387 g/mol. The molecule has 0 saturated heterocycles. The van der Waals surface area contributed by atoms with E-state index in [1.807, 2.05) is 0 Å². The number of benzene rings is 1. The molecule has 0 aliphatic heterocycles. The summed E-state index contributed by atoms with van der Waals surface area (Å²) in [5.74, 6) is -2.80. The fourth-order valence-corrected chi connectivity index (χ4v) is 2.25. The smallest absolute Gasteiger partial charge is 0.422 e. The van der Waals surface area contributed by atoms with Gasteiger partial charge in [0.15, 0.2) is 6.61 Å². The van der Waals surface area contributed by atoms with Crippen molar-refractivity contribution in [1.82, 2.24) is 9.88 Å². The molecule has 1 heterocycles. The Morgan fingerprint density at radius 1 is 1.08 bits per heavy atom. The second-order valence-electron chi connectivity index (χ2n) is 5.27. The number of nitrogens with zero attached hydrogens (tertiary/aromatic N) is 2. The van der Waals surface area contributed by atoms with Crippen LogP contribution in [-0.4, -0.2) is 34.5 Å². The van der Waals surface area contributed by atoms with E-state index in [9.17, 15) is 22.8 Å². The number of carbonyl (C=O) groups is 2. The van der Waals surface area contributed by atoms with E-state index in [4.69, 9.17) is 11.6 Å². The number of halogens is 4. The van der Waals surface area contributed by atoms with Gasteiger partial charge in [-0.25, -0.2) is 4.79 Å². The summed E-state index contributed by atoms with van der Waals surface area (Å²) in [6.45, 7) is -2.01. The SMILES string of the molecule is O=C(OCC(F)(F)F)C(=O)N(Cc1ccccn1)Cc1ccccc1Cl. The fraction of sp³-hybridized carbons (Fsp3) is 0.235. The van der Waals surface area contributed by atoms with Crippen LogP contribution in [0.3, 0.4) is 0 Å². The topological polar surface area (TPSA) is 59.5 Å². The largest absolute Gasteiger partial charge is 0.449 e. The zero-order valence-electron chi connectivity index (χ0n) is 13.4. The predicted molar refractivity (Wildman–Crippen MR) is 87.0 cm³/mol. The molecule has 0 spiro atoms. The zero-order valence-corrected chi connectivity index (χ0v) is 14.1. The van der Waals surface area contributed by atoms with Crippen LogP contribution in [0.25, 0.3) is 0 Å². The maximum absolute atomic E-state index is 12.3. The quantitative estimate of drug-likeness (QED) is 0.584. The lowest BCUT2D eigenvalue weighted by molar-refractivity contribution is -0.189. The van der Waals surface area contributed by atoms with Crippen LogP contribution >= 0.6 is 11.6 Å². The summed E-state index contributed by atoms with van der Waals surface area (Å²) in [6, 6.07) is 11.6. The van der Waals surface area contributed by atoms with Crippen molar-refractivity contribution in [2.75, 3.05) is 6.61 Å². The number of aromatic nitrogens is 1. The maximum Gasteiger partial charge on any atom is 0.422 e. The van der Waals surface area contributed by atoms with Gasteiger partial charge in [-0.05, 0) is 23.8 Å². The normalized spacial score (nSPS) is 11.1. The average Bonchev–Trinajstić information content (AvgIpc) is 2.60. The number of esters is 1. The first kappa shape index (κ1) is 19.7. The van der Waals surface area contributed by atoms with E-state index in [-0.39, 0.29) is 13.1 Å². The van der Waals surface area contributed by atoms with Crippen molar-refractivity contribution in [1.29, 1.82) is 0 Å². The lowest BCUT2D eigenvalue weighted by Gasteiger charge is -2.22. The Morgan fingerprint density at radius 2 is 1.77 bits per heavy atom. The van der Waals surface area contributed by atoms with E-state index < -0.39 is 24.7 Å². The Bertz CT molecular complexity index is 769. The maximum atomic E-state index is 12.3. The van der Waals surface area contributed by atoms with Gasteiger partial charge < -0.3 is 9.64 Å². The van der Waals surface area contributed by atoms with Crippen molar-refractivity contribution >= 4 is 23.5 Å². The molecule has 138 valence electrons. The fourth-order valence-electron chi connectivity index (χ4n) is 2.06. The Hall–Kier alpha value is -2.61. The third-order valence-electron chi connectivity index (χ3n) is 3.23. The number of carbonyl (C=O) groups excluding carboxylic acids is 2. The van der Waals surface area contributed by atoms with E-state index in [0.717, 1.165) is 4.90 Å². The monoisotopic (exact) mass is 386 g/mol. The minimum Gasteiger partial charge on any atom is -0.449 e.